The zero-order chi connectivity index (χ0) is 22.2. The number of nitrogens with zero attached hydrogens (tertiary/aromatic N) is 1. The van der Waals surface area contributed by atoms with E-state index in [4.69, 9.17) is 11.2 Å². The van der Waals surface area contributed by atoms with Crippen LogP contribution < -0.4 is 16.1 Å². The van der Waals surface area contributed by atoms with Crippen molar-refractivity contribution in [1.29, 1.82) is 0 Å². The minimum absolute atomic E-state index is 0.0297. The molecule has 0 aliphatic carbocycles. The molecule has 0 aromatic rings. The minimum Gasteiger partial charge on any atom is -0.468 e. The van der Waals surface area contributed by atoms with Crippen molar-refractivity contribution < 1.29 is 23.9 Å². The van der Waals surface area contributed by atoms with Crippen LogP contribution in [-0.2, 0) is 23.9 Å². The van der Waals surface area contributed by atoms with Crippen molar-refractivity contribution in [2.75, 3.05) is 13.7 Å². The van der Waals surface area contributed by atoms with Crippen LogP contribution in [0.2, 0.25) is 0 Å². The highest BCUT2D eigenvalue weighted by atomic mass is 16.5. The average molecular weight is 406 g/mol. The molecule has 0 radical (unpaired) electrons. The molecule has 1 rings (SSSR count). The summed E-state index contributed by atoms with van der Waals surface area (Å²) >= 11 is 0. The standard InChI is InChI=1S/C20H30N4O5/c1-7-10-14(22-19(28)20(4,5)8-2)16(25)21-13(3)17(26)24-12-9-11-15(23-24)18(27)29-6/h1,8,13-15,23H,2,9-12H2,3-6H3,(H,21,25)(H,22,28)/t13-,14-,15-/m0/s1. The van der Waals surface area contributed by atoms with Gasteiger partial charge in [0.15, 0.2) is 0 Å². The first kappa shape index (κ1) is 24.2. The molecule has 0 spiro atoms. The van der Waals surface area contributed by atoms with Crippen molar-refractivity contribution in [2.45, 2.75) is 58.2 Å². The molecule has 9 nitrogen and oxygen atoms in total. The Morgan fingerprint density at radius 3 is 2.59 bits per heavy atom. The normalized spacial score (nSPS) is 18.6. The van der Waals surface area contributed by atoms with E-state index in [0.717, 1.165) is 0 Å². The molecule has 3 atom stereocenters. The molecule has 0 aromatic carbocycles. The molecular weight excluding hydrogens is 376 g/mol. The molecular formula is C20H30N4O5. The highest BCUT2D eigenvalue weighted by Gasteiger charge is 2.33. The third-order valence-electron chi connectivity index (χ3n) is 4.71. The third-order valence-corrected chi connectivity index (χ3v) is 4.71. The van der Waals surface area contributed by atoms with Gasteiger partial charge >= 0.3 is 5.97 Å². The van der Waals surface area contributed by atoms with Gasteiger partial charge in [-0.05, 0) is 33.6 Å². The van der Waals surface area contributed by atoms with E-state index >= 15 is 0 Å². The van der Waals surface area contributed by atoms with Crippen LogP contribution >= 0.6 is 0 Å². The fourth-order valence-electron chi connectivity index (χ4n) is 2.63. The average Bonchev–Trinajstić information content (AvgIpc) is 2.71. The van der Waals surface area contributed by atoms with Gasteiger partial charge in [0, 0.05) is 13.0 Å². The van der Waals surface area contributed by atoms with Gasteiger partial charge in [0.25, 0.3) is 5.91 Å². The van der Waals surface area contributed by atoms with E-state index < -0.39 is 47.2 Å². The van der Waals surface area contributed by atoms with Crippen molar-refractivity contribution >= 4 is 23.7 Å². The van der Waals surface area contributed by atoms with E-state index in [1.807, 2.05) is 0 Å². The lowest BCUT2D eigenvalue weighted by Crippen LogP contribution is -2.60. The molecule has 0 bridgehead atoms. The van der Waals surface area contributed by atoms with Crippen LogP contribution in [0.5, 0.6) is 0 Å². The van der Waals surface area contributed by atoms with Gasteiger partial charge in [-0.2, -0.15) is 0 Å². The lowest BCUT2D eigenvalue weighted by Gasteiger charge is -2.34. The Morgan fingerprint density at radius 2 is 2.03 bits per heavy atom. The summed E-state index contributed by atoms with van der Waals surface area (Å²) < 4.78 is 4.70. The zero-order valence-corrected chi connectivity index (χ0v) is 17.4. The first-order valence-electron chi connectivity index (χ1n) is 9.41. The molecule has 0 unspecified atom stereocenters. The van der Waals surface area contributed by atoms with E-state index in [1.165, 1.54) is 25.1 Å². The number of ether oxygens (including phenoxy) is 1. The van der Waals surface area contributed by atoms with Crippen LogP contribution in [-0.4, -0.2) is 60.5 Å². The molecule has 160 valence electrons. The van der Waals surface area contributed by atoms with Crippen molar-refractivity contribution in [3.05, 3.63) is 12.7 Å². The number of rotatable bonds is 8. The summed E-state index contributed by atoms with van der Waals surface area (Å²) in [5.74, 6) is 0.510. The van der Waals surface area contributed by atoms with Crippen LogP contribution in [0.1, 0.15) is 40.0 Å². The molecule has 1 fully saturated rings. The van der Waals surface area contributed by atoms with Gasteiger partial charge in [-0.25, -0.2) is 5.43 Å². The van der Waals surface area contributed by atoms with Crippen LogP contribution in [0, 0.1) is 17.8 Å². The predicted octanol–water partition coefficient (Wildman–Crippen LogP) is -0.120. The van der Waals surface area contributed by atoms with Crippen molar-refractivity contribution in [2.24, 2.45) is 5.41 Å². The largest absolute Gasteiger partial charge is 0.468 e. The first-order valence-corrected chi connectivity index (χ1v) is 9.41. The monoisotopic (exact) mass is 406 g/mol. The Hall–Kier alpha value is -2.86. The molecule has 9 heteroatoms. The van der Waals surface area contributed by atoms with Crippen LogP contribution in [0.25, 0.3) is 0 Å². The summed E-state index contributed by atoms with van der Waals surface area (Å²) in [6, 6.07) is -2.50. The fraction of sp³-hybridized carbons (Fsp3) is 0.600. The maximum Gasteiger partial charge on any atom is 0.324 e. The summed E-state index contributed by atoms with van der Waals surface area (Å²) in [4.78, 5) is 49.3. The minimum atomic E-state index is -0.987. The van der Waals surface area contributed by atoms with E-state index in [-0.39, 0.29) is 6.42 Å². The molecule has 3 N–H and O–H groups in total. The van der Waals surface area contributed by atoms with Crippen molar-refractivity contribution in [3.8, 4) is 12.3 Å². The molecule has 1 aliphatic rings. The second kappa shape index (κ2) is 10.6. The fourth-order valence-corrected chi connectivity index (χ4v) is 2.63. The Bertz CT molecular complexity index is 697. The lowest BCUT2D eigenvalue weighted by atomic mass is 9.92. The van der Waals surface area contributed by atoms with Gasteiger partial charge in [-0.1, -0.05) is 6.08 Å². The summed E-state index contributed by atoms with van der Waals surface area (Å²) in [7, 11) is 1.28. The second-order valence-corrected chi connectivity index (χ2v) is 7.43. The Morgan fingerprint density at radius 1 is 1.38 bits per heavy atom. The molecule has 0 saturated carbocycles. The molecule has 3 amide bonds. The first-order chi connectivity index (χ1) is 13.6. The lowest BCUT2D eigenvalue weighted by molar-refractivity contribution is -0.150. The number of hydrogen-bond donors (Lipinski definition) is 3. The highest BCUT2D eigenvalue weighted by molar-refractivity contribution is 5.93. The molecule has 1 heterocycles. The topological polar surface area (TPSA) is 117 Å². The van der Waals surface area contributed by atoms with E-state index in [0.29, 0.717) is 19.4 Å². The third kappa shape index (κ3) is 6.61. The smallest absolute Gasteiger partial charge is 0.324 e. The van der Waals surface area contributed by atoms with E-state index in [2.05, 4.69) is 28.6 Å². The van der Waals surface area contributed by atoms with Crippen molar-refractivity contribution in [1.82, 2.24) is 21.1 Å². The number of terminal acetylenes is 1. The summed E-state index contributed by atoms with van der Waals surface area (Å²) in [5.41, 5.74) is 1.94. The maximum absolute atomic E-state index is 12.7. The van der Waals surface area contributed by atoms with Gasteiger partial charge in [0.2, 0.25) is 11.8 Å². The van der Waals surface area contributed by atoms with Crippen LogP contribution in [0.4, 0.5) is 0 Å². The van der Waals surface area contributed by atoms with Gasteiger partial charge < -0.3 is 15.4 Å². The van der Waals surface area contributed by atoms with Crippen LogP contribution in [0.15, 0.2) is 12.7 Å². The molecule has 1 saturated heterocycles. The predicted molar refractivity (Wildman–Crippen MR) is 107 cm³/mol. The number of methoxy groups -OCH3 is 1. The SMILES string of the molecule is C#CC[C@H](NC(=O)C(C)(C)C=C)C(=O)N[C@@H](C)C(=O)N1CCC[C@@H](C(=O)OC)N1. The van der Waals surface area contributed by atoms with Crippen molar-refractivity contribution in [3.63, 3.8) is 0 Å². The van der Waals surface area contributed by atoms with Gasteiger partial charge in [-0.15, -0.1) is 18.9 Å². The highest BCUT2D eigenvalue weighted by Crippen LogP contribution is 2.16. The number of carbonyl (C=O) groups excluding carboxylic acids is 4. The number of amides is 3. The molecule has 29 heavy (non-hydrogen) atoms. The Kier molecular flexibility index (Phi) is 8.85. The summed E-state index contributed by atoms with van der Waals surface area (Å²) in [5, 5.41) is 6.47. The number of carbonyl (C=O) groups is 4. The summed E-state index contributed by atoms with van der Waals surface area (Å²) in [6.07, 6.45) is 7.92. The Balaban J connectivity index is 2.75. The summed E-state index contributed by atoms with van der Waals surface area (Å²) in [6.45, 7) is 8.84. The number of hydrogen-bond acceptors (Lipinski definition) is 6. The Labute approximate surface area is 171 Å². The van der Waals surface area contributed by atoms with Crippen LogP contribution in [0.3, 0.4) is 0 Å². The van der Waals surface area contributed by atoms with E-state index in [1.54, 1.807) is 13.8 Å². The van der Waals surface area contributed by atoms with Gasteiger partial charge in [-0.3, -0.25) is 24.2 Å². The number of nitrogens with one attached hydrogen (secondary N) is 3. The van der Waals surface area contributed by atoms with Gasteiger partial charge in [0.05, 0.1) is 12.5 Å². The molecule has 0 aromatic heterocycles. The molecule has 1 aliphatic heterocycles. The van der Waals surface area contributed by atoms with E-state index in [9.17, 15) is 19.2 Å². The number of esters is 1. The number of hydrazine groups is 1. The zero-order valence-electron chi connectivity index (χ0n) is 17.4. The van der Waals surface area contributed by atoms with Gasteiger partial charge in [0.1, 0.15) is 18.1 Å². The maximum atomic E-state index is 12.7. The second-order valence-electron chi connectivity index (χ2n) is 7.43. The quantitative estimate of drug-likeness (QED) is 0.294.